The highest BCUT2D eigenvalue weighted by Crippen LogP contribution is 2.38. The summed E-state index contributed by atoms with van der Waals surface area (Å²) in [5.74, 6) is -2.63. The van der Waals surface area contributed by atoms with Crippen LogP contribution in [0, 0.1) is 0 Å². The van der Waals surface area contributed by atoms with Gasteiger partial charge >= 0.3 is 11.9 Å². The lowest BCUT2D eigenvalue weighted by Crippen LogP contribution is -2.46. The number of anilines is 1. The number of carbonyl (C=O) groups is 2. The molecule has 1 aliphatic rings. The summed E-state index contributed by atoms with van der Waals surface area (Å²) in [4.78, 5) is 23.0. The van der Waals surface area contributed by atoms with E-state index in [4.69, 9.17) is 9.84 Å². The maximum absolute atomic E-state index is 13.7. The lowest BCUT2D eigenvalue weighted by atomic mass is 10.1. The molecule has 0 bridgehead atoms. The number of carboxylic acid groups (broad SMARTS) is 2. The number of carboxylic acids is 2. The van der Waals surface area contributed by atoms with Crippen LogP contribution in [0.3, 0.4) is 0 Å². The molecule has 3 N–H and O–H groups in total. The minimum Gasteiger partial charge on any atom is -0.480 e. The number of rotatable bonds is 10. The molecule has 9 nitrogen and oxygen atoms in total. The largest absolute Gasteiger partial charge is 0.480 e. The molecule has 3 aromatic rings. The van der Waals surface area contributed by atoms with Crippen LogP contribution in [0.15, 0.2) is 60.7 Å². The third-order valence-electron chi connectivity index (χ3n) is 5.76. The number of nitrogens with one attached hydrogen (secondary N) is 1. The van der Waals surface area contributed by atoms with Crippen molar-refractivity contribution in [2.45, 2.75) is 24.6 Å². The van der Waals surface area contributed by atoms with Crippen molar-refractivity contribution in [2.75, 3.05) is 24.0 Å². The van der Waals surface area contributed by atoms with Crippen molar-refractivity contribution in [3.63, 3.8) is 0 Å². The van der Waals surface area contributed by atoms with Gasteiger partial charge in [-0.1, -0.05) is 42.5 Å². The Balaban J connectivity index is 1.72. The molecule has 1 aliphatic heterocycles. The molecule has 190 valence electrons. The first-order valence-corrected chi connectivity index (χ1v) is 13.8. The summed E-state index contributed by atoms with van der Waals surface area (Å²) in [7, 11) is -3.74. The molecule has 0 saturated carbocycles. The van der Waals surface area contributed by atoms with Crippen molar-refractivity contribution in [1.82, 2.24) is 5.32 Å². The summed E-state index contributed by atoms with van der Waals surface area (Å²) in [5, 5.41) is 21.7. The van der Waals surface area contributed by atoms with Crippen LogP contribution in [-0.4, -0.2) is 56.3 Å². The van der Waals surface area contributed by atoms with E-state index in [0.717, 1.165) is 11.3 Å². The van der Waals surface area contributed by atoms with Gasteiger partial charge in [-0.25, -0.2) is 18.0 Å². The standard InChI is InChI=1S/C25H26N2O7S2/c28-23(29)15-34-21-14-22(35-24(21)25(30)31)18-7-4-8-20(13-18)27(19-9-11-26-12-10-19)36(32,33)16-17-5-2-1-3-6-17/h1-8,13-14,19,26H,9-12,15-16H2,(H,28,29)(H,30,31). The van der Waals surface area contributed by atoms with E-state index < -0.39 is 28.6 Å². The maximum atomic E-state index is 13.7. The molecule has 2 heterocycles. The zero-order chi connectivity index (χ0) is 25.7. The fraction of sp³-hybridized carbons (Fsp3) is 0.280. The lowest BCUT2D eigenvalue weighted by Gasteiger charge is -2.35. The summed E-state index contributed by atoms with van der Waals surface area (Å²) in [5.41, 5.74) is 1.80. The van der Waals surface area contributed by atoms with Gasteiger partial charge in [-0.05, 0) is 55.3 Å². The second kappa shape index (κ2) is 11.1. The second-order valence-corrected chi connectivity index (χ2v) is 11.3. The molecule has 0 unspecified atom stereocenters. The number of benzene rings is 2. The number of ether oxygens (including phenoxy) is 1. The monoisotopic (exact) mass is 530 g/mol. The molecule has 2 aromatic carbocycles. The van der Waals surface area contributed by atoms with Crippen molar-refractivity contribution >= 4 is 39.0 Å². The predicted molar refractivity (Wildman–Crippen MR) is 137 cm³/mol. The number of thiophene rings is 1. The van der Waals surface area contributed by atoms with Crippen LogP contribution >= 0.6 is 11.3 Å². The van der Waals surface area contributed by atoms with Crippen LogP contribution in [0.4, 0.5) is 5.69 Å². The number of nitrogens with zero attached hydrogens (tertiary/aromatic N) is 1. The Kier molecular flexibility index (Phi) is 7.92. The van der Waals surface area contributed by atoms with Gasteiger partial charge in [-0.3, -0.25) is 4.31 Å². The number of hydrogen-bond donors (Lipinski definition) is 3. The van der Waals surface area contributed by atoms with E-state index in [1.165, 1.54) is 10.4 Å². The SMILES string of the molecule is O=C(O)COc1cc(-c2cccc(N(C3CCNCC3)S(=O)(=O)Cc3ccccc3)c2)sc1C(=O)O. The Morgan fingerprint density at radius 3 is 2.42 bits per heavy atom. The first kappa shape index (κ1) is 25.7. The summed E-state index contributed by atoms with van der Waals surface area (Å²) in [6, 6.07) is 17.2. The van der Waals surface area contributed by atoms with Crippen molar-refractivity contribution in [3.05, 3.63) is 71.1 Å². The van der Waals surface area contributed by atoms with Crippen molar-refractivity contribution in [1.29, 1.82) is 0 Å². The molecule has 1 fully saturated rings. The molecule has 0 spiro atoms. The minimum absolute atomic E-state index is 0.0396. The lowest BCUT2D eigenvalue weighted by molar-refractivity contribution is -0.139. The Hall–Kier alpha value is -3.41. The van der Waals surface area contributed by atoms with E-state index in [-0.39, 0.29) is 22.4 Å². The topological polar surface area (TPSA) is 133 Å². The summed E-state index contributed by atoms with van der Waals surface area (Å²) in [6.07, 6.45) is 1.32. The van der Waals surface area contributed by atoms with Crippen LogP contribution in [0.1, 0.15) is 28.1 Å². The number of hydrogen-bond acceptors (Lipinski definition) is 7. The first-order chi connectivity index (χ1) is 17.2. The van der Waals surface area contributed by atoms with E-state index in [1.54, 1.807) is 48.5 Å². The molecule has 36 heavy (non-hydrogen) atoms. The van der Waals surface area contributed by atoms with Crippen LogP contribution in [0.25, 0.3) is 10.4 Å². The third-order valence-corrected chi connectivity index (χ3v) is 8.72. The smallest absolute Gasteiger partial charge is 0.349 e. The third kappa shape index (κ3) is 6.04. The molecular weight excluding hydrogens is 504 g/mol. The molecule has 1 aromatic heterocycles. The molecule has 0 atom stereocenters. The zero-order valence-corrected chi connectivity index (χ0v) is 20.9. The molecular formula is C25H26N2O7S2. The van der Waals surface area contributed by atoms with Gasteiger partial charge in [0.05, 0.1) is 11.4 Å². The Morgan fingerprint density at radius 1 is 1.03 bits per heavy atom. The van der Waals surface area contributed by atoms with Crippen LogP contribution in [-0.2, 0) is 20.6 Å². The molecule has 0 amide bonds. The number of aliphatic carboxylic acids is 1. The molecule has 0 aliphatic carbocycles. The van der Waals surface area contributed by atoms with Crippen LogP contribution in [0.5, 0.6) is 5.75 Å². The summed E-state index contributed by atoms with van der Waals surface area (Å²) in [6.45, 7) is 0.746. The molecule has 0 radical (unpaired) electrons. The van der Waals surface area contributed by atoms with Gasteiger partial charge in [0.15, 0.2) is 11.5 Å². The van der Waals surface area contributed by atoms with Gasteiger partial charge in [0.2, 0.25) is 10.0 Å². The number of piperidine rings is 1. The molecule has 1 saturated heterocycles. The highest BCUT2D eigenvalue weighted by atomic mass is 32.2. The van der Waals surface area contributed by atoms with Gasteiger partial charge < -0.3 is 20.3 Å². The Bertz CT molecular complexity index is 1330. The zero-order valence-electron chi connectivity index (χ0n) is 19.3. The first-order valence-electron chi connectivity index (χ1n) is 11.3. The molecule has 4 rings (SSSR count). The van der Waals surface area contributed by atoms with Gasteiger partial charge in [0, 0.05) is 10.9 Å². The van der Waals surface area contributed by atoms with Crippen LogP contribution in [0.2, 0.25) is 0 Å². The predicted octanol–water partition coefficient (Wildman–Crippen LogP) is 3.67. The Labute approximate surface area is 213 Å². The van der Waals surface area contributed by atoms with E-state index in [1.807, 2.05) is 6.07 Å². The van der Waals surface area contributed by atoms with Gasteiger partial charge in [0.25, 0.3) is 0 Å². The van der Waals surface area contributed by atoms with Gasteiger partial charge in [-0.15, -0.1) is 11.3 Å². The highest BCUT2D eigenvalue weighted by Gasteiger charge is 2.32. The average Bonchev–Trinajstić information content (AvgIpc) is 3.29. The fourth-order valence-electron chi connectivity index (χ4n) is 4.20. The van der Waals surface area contributed by atoms with Gasteiger partial charge in [0.1, 0.15) is 5.75 Å². The average molecular weight is 531 g/mol. The quantitative estimate of drug-likeness (QED) is 0.362. The van der Waals surface area contributed by atoms with Crippen molar-refractivity contribution in [3.8, 4) is 16.2 Å². The van der Waals surface area contributed by atoms with E-state index in [9.17, 15) is 23.1 Å². The van der Waals surface area contributed by atoms with E-state index in [2.05, 4.69) is 5.32 Å². The normalized spacial score (nSPS) is 14.3. The number of aromatic carboxylic acids is 1. The Morgan fingerprint density at radius 2 is 1.75 bits per heavy atom. The highest BCUT2D eigenvalue weighted by molar-refractivity contribution is 7.92. The minimum atomic E-state index is -3.74. The number of sulfonamides is 1. The summed E-state index contributed by atoms with van der Waals surface area (Å²) < 4.78 is 34.1. The van der Waals surface area contributed by atoms with Crippen molar-refractivity contribution in [2.24, 2.45) is 0 Å². The maximum Gasteiger partial charge on any atom is 0.349 e. The second-order valence-electron chi connectivity index (χ2n) is 8.36. The summed E-state index contributed by atoms with van der Waals surface area (Å²) >= 11 is 0.943. The molecule has 11 heteroatoms. The van der Waals surface area contributed by atoms with E-state index >= 15 is 0 Å². The van der Waals surface area contributed by atoms with Gasteiger partial charge in [-0.2, -0.15) is 0 Å². The van der Waals surface area contributed by atoms with E-state index in [0.29, 0.717) is 47.6 Å². The van der Waals surface area contributed by atoms with Crippen LogP contribution < -0.4 is 14.4 Å². The van der Waals surface area contributed by atoms with Crippen molar-refractivity contribution < 1.29 is 33.0 Å². The fourth-order valence-corrected chi connectivity index (χ4v) is 6.99.